The number of hydrogen-bond donors (Lipinski definition) is 1. The van der Waals surface area contributed by atoms with Crippen molar-refractivity contribution in [3.63, 3.8) is 0 Å². The van der Waals surface area contributed by atoms with Gasteiger partial charge in [-0.25, -0.2) is 9.78 Å². The van der Waals surface area contributed by atoms with Gasteiger partial charge in [-0.3, -0.25) is 0 Å². The van der Waals surface area contributed by atoms with E-state index in [0.29, 0.717) is 13.1 Å². The van der Waals surface area contributed by atoms with Crippen LogP contribution in [0.15, 0.2) is 24.3 Å². The van der Waals surface area contributed by atoms with Crippen LogP contribution in [0.5, 0.6) is 0 Å². The number of rotatable bonds is 3. The summed E-state index contributed by atoms with van der Waals surface area (Å²) in [4.78, 5) is 31.0. The zero-order chi connectivity index (χ0) is 22.0. The Morgan fingerprint density at radius 1 is 0.839 bits per heavy atom. The van der Waals surface area contributed by atoms with Crippen molar-refractivity contribution in [2.75, 3.05) is 74.5 Å². The summed E-state index contributed by atoms with van der Waals surface area (Å²) in [6, 6.07) is 8.03. The van der Waals surface area contributed by atoms with Gasteiger partial charge in [0.25, 0.3) is 0 Å². The van der Waals surface area contributed by atoms with E-state index >= 15 is 0 Å². The van der Waals surface area contributed by atoms with E-state index in [0.717, 1.165) is 62.4 Å². The van der Waals surface area contributed by atoms with Crippen LogP contribution >= 0.6 is 0 Å². The number of carbonyl (C=O) groups is 1. The second-order valence-electron chi connectivity index (χ2n) is 8.66. The fourth-order valence-electron chi connectivity index (χ4n) is 4.01. The van der Waals surface area contributed by atoms with Gasteiger partial charge < -0.3 is 24.9 Å². The molecule has 0 radical (unpaired) electrons. The first-order valence-corrected chi connectivity index (χ1v) is 11.1. The minimum Gasteiger partial charge on any atom is -0.354 e. The molecule has 2 aliphatic heterocycles. The molecule has 4 rings (SSSR count). The summed E-state index contributed by atoms with van der Waals surface area (Å²) in [5.41, 5.74) is 4.22. The fourth-order valence-corrected chi connectivity index (χ4v) is 4.01. The molecule has 0 atom stereocenters. The highest BCUT2D eigenvalue weighted by molar-refractivity contribution is 5.89. The van der Waals surface area contributed by atoms with Crippen molar-refractivity contribution in [1.29, 1.82) is 0 Å². The Morgan fingerprint density at radius 3 is 2.19 bits per heavy atom. The Balaban J connectivity index is 1.37. The SMILES string of the molecule is Cc1cc(N2CCN(C)CC2)nc(N2CCN(C(=O)Nc3ccc(C)c(C)c3)CC2)n1. The topological polar surface area (TPSA) is 67.8 Å². The highest BCUT2D eigenvalue weighted by Gasteiger charge is 2.24. The zero-order valence-corrected chi connectivity index (χ0v) is 19.1. The van der Waals surface area contributed by atoms with Gasteiger partial charge in [0.2, 0.25) is 5.95 Å². The van der Waals surface area contributed by atoms with Gasteiger partial charge in [0.05, 0.1) is 0 Å². The summed E-state index contributed by atoms with van der Waals surface area (Å²) in [5, 5.41) is 3.03. The second-order valence-corrected chi connectivity index (χ2v) is 8.66. The van der Waals surface area contributed by atoms with Crippen molar-refractivity contribution in [2.24, 2.45) is 0 Å². The number of amides is 2. The van der Waals surface area contributed by atoms with Gasteiger partial charge >= 0.3 is 6.03 Å². The lowest BCUT2D eigenvalue weighted by molar-refractivity contribution is 0.208. The summed E-state index contributed by atoms with van der Waals surface area (Å²) in [5.74, 6) is 1.77. The number of aromatic nitrogens is 2. The van der Waals surface area contributed by atoms with Gasteiger partial charge in [-0.15, -0.1) is 0 Å². The van der Waals surface area contributed by atoms with Crippen LogP contribution in [-0.2, 0) is 0 Å². The molecule has 2 amide bonds. The number of urea groups is 1. The van der Waals surface area contributed by atoms with Crippen LogP contribution < -0.4 is 15.1 Å². The van der Waals surface area contributed by atoms with Crippen LogP contribution in [-0.4, -0.2) is 85.2 Å². The molecule has 166 valence electrons. The largest absolute Gasteiger partial charge is 0.354 e. The third kappa shape index (κ3) is 5.07. The van der Waals surface area contributed by atoms with Crippen molar-refractivity contribution in [1.82, 2.24) is 19.8 Å². The predicted molar refractivity (Wildman–Crippen MR) is 125 cm³/mol. The molecule has 2 fully saturated rings. The maximum absolute atomic E-state index is 12.7. The van der Waals surface area contributed by atoms with Crippen LogP contribution in [0.2, 0.25) is 0 Å². The quantitative estimate of drug-likeness (QED) is 0.818. The Kier molecular flexibility index (Phi) is 6.27. The second kappa shape index (κ2) is 9.09. The maximum Gasteiger partial charge on any atom is 0.321 e. The van der Waals surface area contributed by atoms with Crippen LogP contribution in [0.4, 0.5) is 22.2 Å². The molecule has 2 aromatic rings. The molecule has 31 heavy (non-hydrogen) atoms. The third-order valence-corrected chi connectivity index (χ3v) is 6.26. The Morgan fingerprint density at radius 2 is 1.52 bits per heavy atom. The van der Waals surface area contributed by atoms with Gasteiger partial charge in [0.15, 0.2) is 0 Å². The average molecular weight is 424 g/mol. The number of carbonyl (C=O) groups excluding carboxylic acids is 1. The van der Waals surface area contributed by atoms with Crippen molar-refractivity contribution in [3.05, 3.63) is 41.1 Å². The smallest absolute Gasteiger partial charge is 0.321 e. The molecule has 2 saturated heterocycles. The Labute approximate surface area is 184 Å². The van der Waals surface area contributed by atoms with E-state index in [2.05, 4.69) is 52.0 Å². The van der Waals surface area contributed by atoms with Crippen LogP contribution in [0.1, 0.15) is 16.8 Å². The molecule has 1 aromatic heterocycles. The summed E-state index contributed by atoms with van der Waals surface area (Å²) < 4.78 is 0. The summed E-state index contributed by atoms with van der Waals surface area (Å²) in [7, 11) is 2.16. The molecule has 0 unspecified atom stereocenters. The normalized spacial score (nSPS) is 17.7. The molecule has 1 N–H and O–H groups in total. The van der Waals surface area contributed by atoms with Crippen LogP contribution in [0, 0.1) is 20.8 Å². The first-order chi connectivity index (χ1) is 14.9. The standard InChI is InChI=1S/C23H33N7O/c1-17-5-6-20(15-18(17)2)25-23(31)30-13-11-29(12-14-30)22-24-19(3)16-21(26-22)28-9-7-27(4)8-10-28/h5-6,15-16H,7-14H2,1-4H3,(H,25,31). The van der Waals surface area contributed by atoms with Crippen LogP contribution in [0.25, 0.3) is 0 Å². The van der Waals surface area contributed by atoms with Gasteiger partial charge in [0.1, 0.15) is 5.82 Å². The number of likely N-dealkylation sites (N-methyl/N-ethyl adjacent to an activating group) is 1. The molecule has 0 saturated carbocycles. The van der Waals surface area contributed by atoms with Crippen molar-refractivity contribution < 1.29 is 4.79 Å². The van der Waals surface area contributed by atoms with Gasteiger partial charge in [0, 0.05) is 69.8 Å². The molecule has 2 aliphatic rings. The van der Waals surface area contributed by atoms with Crippen molar-refractivity contribution in [2.45, 2.75) is 20.8 Å². The number of piperazine rings is 2. The summed E-state index contributed by atoms with van der Waals surface area (Å²) in [6.07, 6.45) is 0. The lowest BCUT2D eigenvalue weighted by Gasteiger charge is -2.36. The van der Waals surface area contributed by atoms with E-state index in [1.54, 1.807) is 0 Å². The lowest BCUT2D eigenvalue weighted by atomic mass is 10.1. The molecule has 3 heterocycles. The van der Waals surface area contributed by atoms with Gasteiger partial charge in [-0.05, 0) is 51.1 Å². The Hall–Kier alpha value is -2.87. The first-order valence-electron chi connectivity index (χ1n) is 11.1. The third-order valence-electron chi connectivity index (χ3n) is 6.26. The molecule has 0 spiro atoms. The molecular weight excluding hydrogens is 390 g/mol. The molecule has 8 nitrogen and oxygen atoms in total. The zero-order valence-electron chi connectivity index (χ0n) is 19.1. The van der Waals surface area contributed by atoms with Gasteiger partial charge in [-0.2, -0.15) is 4.98 Å². The maximum atomic E-state index is 12.7. The number of nitrogens with one attached hydrogen (secondary N) is 1. The number of nitrogens with zero attached hydrogens (tertiary/aromatic N) is 6. The van der Waals surface area contributed by atoms with E-state index in [4.69, 9.17) is 4.98 Å². The van der Waals surface area contributed by atoms with E-state index < -0.39 is 0 Å². The number of hydrogen-bond acceptors (Lipinski definition) is 6. The summed E-state index contributed by atoms with van der Waals surface area (Å²) in [6.45, 7) is 13.0. The highest BCUT2D eigenvalue weighted by atomic mass is 16.2. The molecule has 0 aliphatic carbocycles. The van der Waals surface area contributed by atoms with Crippen molar-refractivity contribution >= 4 is 23.5 Å². The number of benzene rings is 1. The number of anilines is 3. The predicted octanol–water partition coefficient (Wildman–Crippen LogP) is 2.51. The van der Waals surface area contributed by atoms with E-state index in [9.17, 15) is 4.79 Å². The first kappa shape index (κ1) is 21.4. The summed E-state index contributed by atoms with van der Waals surface area (Å²) >= 11 is 0. The minimum atomic E-state index is -0.0498. The monoisotopic (exact) mass is 423 g/mol. The molecule has 1 aromatic carbocycles. The average Bonchev–Trinajstić information content (AvgIpc) is 2.76. The number of aryl methyl sites for hydroxylation is 3. The van der Waals surface area contributed by atoms with E-state index in [1.807, 2.05) is 30.0 Å². The van der Waals surface area contributed by atoms with E-state index in [-0.39, 0.29) is 6.03 Å². The minimum absolute atomic E-state index is 0.0498. The fraction of sp³-hybridized carbons (Fsp3) is 0.522. The molecular formula is C23H33N7O. The van der Waals surface area contributed by atoms with Crippen molar-refractivity contribution in [3.8, 4) is 0 Å². The van der Waals surface area contributed by atoms with Crippen LogP contribution in [0.3, 0.4) is 0 Å². The van der Waals surface area contributed by atoms with Gasteiger partial charge in [-0.1, -0.05) is 6.07 Å². The highest BCUT2D eigenvalue weighted by Crippen LogP contribution is 2.20. The van der Waals surface area contributed by atoms with E-state index in [1.165, 1.54) is 11.1 Å². The molecule has 8 heteroatoms. The molecule has 0 bridgehead atoms. The lowest BCUT2D eigenvalue weighted by Crippen LogP contribution is -2.50. The Bertz CT molecular complexity index is 932.